The van der Waals surface area contributed by atoms with Crippen LogP contribution in [0.3, 0.4) is 0 Å². The van der Waals surface area contributed by atoms with E-state index >= 15 is 0 Å². The molecule has 0 aliphatic carbocycles. The molecule has 88 valence electrons. The number of benzene rings is 3. The lowest BCUT2D eigenvalue weighted by atomic mass is 9.94. The number of carbonyl (C=O) groups excluding carboxylic acids is 1. The van der Waals surface area contributed by atoms with Crippen molar-refractivity contribution in [1.29, 1.82) is 0 Å². The number of carbonyl (C=O) groups is 1. The second-order valence-corrected chi connectivity index (χ2v) is 4.68. The molecule has 1 nitrogen and oxygen atoms in total. The summed E-state index contributed by atoms with van der Waals surface area (Å²) in [4.78, 5) is 11.5. The van der Waals surface area contributed by atoms with Gasteiger partial charge in [-0.2, -0.15) is 0 Å². The molecule has 0 atom stereocenters. The van der Waals surface area contributed by atoms with Crippen molar-refractivity contribution in [3.05, 3.63) is 60.2 Å². The lowest BCUT2D eigenvalue weighted by Gasteiger charge is -2.10. The standard InChI is InChI=1S/C17H14O/c1-12(18)10-17-15-8-4-2-6-13(15)11-14-7-3-5-9-16(14)17/h2-9,11H,10H2,1H3. The van der Waals surface area contributed by atoms with Crippen molar-refractivity contribution < 1.29 is 4.79 Å². The van der Waals surface area contributed by atoms with E-state index in [9.17, 15) is 4.79 Å². The summed E-state index contributed by atoms with van der Waals surface area (Å²) in [6, 6.07) is 18.7. The van der Waals surface area contributed by atoms with Crippen LogP contribution >= 0.6 is 0 Å². The first kappa shape index (κ1) is 11.0. The summed E-state index contributed by atoms with van der Waals surface area (Å²) in [5.74, 6) is 0.205. The molecule has 0 unspecified atom stereocenters. The molecule has 0 saturated heterocycles. The van der Waals surface area contributed by atoms with Crippen LogP contribution in [0.5, 0.6) is 0 Å². The Morgan fingerprint density at radius 3 is 1.89 bits per heavy atom. The van der Waals surface area contributed by atoms with Crippen molar-refractivity contribution >= 4 is 27.3 Å². The number of rotatable bonds is 2. The molecule has 3 aromatic rings. The van der Waals surface area contributed by atoms with Crippen molar-refractivity contribution in [1.82, 2.24) is 0 Å². The van der Waals surface area contributed by atoms with E-state index < -0.39 is 0 Å². The van der Waals surface area contributed by atoms with Crippen molar-refractivity contribution in [2.75, 3.05) is 0 Å². The third kappa shape index (κ3) is 1.78. The summed E-state index contributed by atoms with van der Waals surface area (Å²) in [6.07, 6.45) is 0.502. The summed E-state index contributed by atoms with van der Waals surface area (Å²) in [5, 5.41) is 4.78. The summed E-state index contributed by atoms with van der Waals surface area (Å²) >= 11 is 0. The topological polar surface area (TPSA) is 17.1 Å². The van der Waals surface area contributed by atoms with Gasteiger partial charge in [-0.15, -0.1) is 0 Å². The second-order valence-electron chi connectivity index (χ2n) is 4.68. The van der Waals surface area contributed by atoms with Crippen LogP contribution in [0.1, 0.15) is 12.5 Å². The maximum atomic E-state index is 11.5. The van der Waals surface area contributed by atoms with E-state index in [1.54, 1.807) is 6.92 Å². The Morgan fingerprint density at radius 2 is 1.39 bits per heavy atom. The molecule has 0 N–H and O–H groups in total. The second kappa shape index (κ2) is 4.26. The van der Waals surface area contributed by atoms with Gasteiger partial charge >= 0.3 is 0 Å². The maximum Gasteiger partial charge on any atom is 0.134 e. The van der Waals surface area contributed by atoms with E-state index in [4.69, 9.17) is 0 Å². The largest absolute Gasteiger partial charge is 0.300 e. The van der Waals surface area contributed by atoms with Crippen molar-refractivity contribution in [2.24, 2.45) is 0 Å². The molecular formula is C17H14O. The zero-order valence-corrected chi connectivity index (χ0v) is 10.3. The highest BCUT2D eigenvalue weighted by atomic mass is 16.1. The molecule has 0 amide bonds. The first-order chi connectivity index (χ1) is 8.75. The van der Waals surface area contributed by atoms with Crippen LogP contribution in [0.15, 0.2) is 54.6 Å². The molecular weight excluding hydrogens is 220 g/mol. The third-order valence-corrected chi connectivity index (χ3v) is 3.31. The highest BCUT2D eigenvalue weighted by Crippen LogP contribution is 2.28. The first-order valence-electron chi connectivity index (χ1n) is 6.14. The Balaban J connectivity index is 2.45. The Morgan fingerprint density at radius 1 is 0.889 bits per heavy atom. The Hall–Kier alpha value is -2.15. The minimum atomic E-state index is 0.205. The Bertz CT molecular complexity index is 687. The minimum Gasteiger partial charge on any atom is -0.300 e. The molecule has 0 spiro atoms. The van der Waals surface area contributed by atoms with Gasteiger partial charge in [-0.05, 0) is 40.1 Å². The maximum absolute atomic E-state index is 11.5. The fraction of sp³-hybridized carbons (Fsp3) is 0.118. The molecule has 0 aliphatic heterocycles. The molecule has 18 heavy (non-hydrogen) atoms. The van der Waals surface area contributed by atoms with E-state index in [0.29, 0.717) is 6.42 Å². The summed E-state index contributed by atoms with van der Waals surface area (Å²) < 4.78 is 0. The van der Waals surface area contributed by atoms with Crippen LogP contribution in [0.4, 0.5) is 0 Å². The number of ketones is 1. The van der Waals surface area contributed by atoms with Crippen LogP contribution in [0.25, 0.3) is 21.5 Å². The Labute approximate surface area is 106 Å². The smallest absolute Gasteiger partial charge is 0.134 e. The van der Waals surface area contributed by atoms with Gasteiger partial charge in [0.15, 0.2) is 0 Å². The van der Waals surface area contributed by atoms with Crippen LogP contribution in [-0.2, 0) is 11.2 Å². The van der Waals surface area contributed by atoms with Gasteiger partial charge in [0.05, 0.1) is 0 Å². The van der Waals surface area contributed by atoms with Gasteiger partial charge in [0.25, 0.3) is 0 Å². The number of hydrogen-bond acceptors (Lipinski definition) is 1. The molecule has 3 rings (SSSR count). The zero-order chi connectivity index (χ0) is 12.5. The normalized spacial score (nSPS) is 10.9. The van der Waals surface area contributed by atoms with Crippen LogP contribution in [0.2, 0.25) is 0 Å². The summed E-state index contributed by atoms with van der Waals surface area (Å²) in [7, 11) is 0. The molecule has 0 bridgehead atoms. The third-order valence-electron chi connectivity index (χ3n) is 3.31. The van der Waals surface area contributed by atoms with Gasteiger partial charge in [-0.25, -0.2) is 0 Å². The van der Waals surface area contributed by atoms with Crippen LogP contribution in [-0.4, -0.2) is 5.78 Å². The van der Waals surface area contributed by atoms with Crippen molar-refractivity contribution in [3.63, 3.8) is 0 Å². The van der Waals surface area contributed by atoms with Gasteiger partial charge in [0, 0.05) is 6.42 Å². The number of Topliss-reactive ketones (excluding diaryl/α,β-unsaturated/α-hetero) is 1. The van der Waals surface area contributed by atoms with E-state index in [1.165, 1.54) is 21.5 Å². The van der Waals surface area contributed by atoms with Crippen molar-refractivity contribution in [3.8, 4) is 0 Å². The molecule has 0 fully saturated rings. The quantitative estimate of drug-likeness (QED) is 0.609. The lowest BCUT2D eigenvalue weighted by Crippen LogP contribution is -1.98. The average molecular weight is 234 g/mol. The molecule has 3 aromatic carbocycles. The fourth-order valence-electron chi connectivity index (χ4n) is 2.55. The highest BCUT2D eigenvalue weighted by molar-refractivity contribution is 6.04. The van der Waals surface area contributed by atoms with Crippen LogP contribution in [0, 0.1) is 0 Å². The summed E-state index contributed by atoms with van der Waals surface area (Å²) in [6.45, 7) is 1.65. The summed E-state index contributed by atoms with van der Waals surface area (Å²) in [5.41, 5.74) is 1.15. The number of fused-ring (bicyclic) bond motifs is 2. The van der Waals surface area contributed by atoms with E-state index in [-0.39, 0.29) is 5.78 Å². The molecule has 0 saturated carbocycles. The molecule has 0 aromatic heterocycles. The van der Waals surface area contributed by atoms with Gasteiger partial charge in [-0.3, -0.25) is 4.79 Å². The minimum absolute atomic E-state index is 0.205. The number of hydrogen-bond donors (Lipinski definition) is 0. The predicted molar refractivity (Wildman–Crippen MR) is 75.8 cm³/mol. The molecule has 0 radical (unpaired) electrons. The van der Waals surface area contributed by atoms with E-state index in [1.807, 2.05) is 24.3 Å². The molecule has 0 aliphatic rings. The predicted octanol–water partition coefficient (Wildman–Crippen LogP) is 4.12. The van der Waals surface area contributed by atoms with E-state index in [2.05, 4.69) is 30.3 Å². The van der Waals surface area contributed by atoms with Crippen molar-refractivity contribution in [2.45, 2.75) is 13.3 Å². The molecule has 0 heterocycles. The Kier molecular flexibility index (Phi) is 2.60. The average Bonchev–Trinajstić information content (AvgIpc) is 2.38. The SMILES string of the molecule is CC(=O)Cc1c2ccccc2cc2ccccc12. The monoisotopic (exact) mass is 234 g/mol. The lowest BCUT2D eigenvalue weighted by molar-refractivity contribution is -0.116. The van der Waals surface area contributed by atoms with Crippen LogP contribution < -0.4 is 0 Å². The van der Waals surface area contributed by atoms with Gasteiger partial charge in [-0.1, -0.05) is 48.5 Å². The van der Waals surface area contributed by atoms with E-state index in [0.717, 1.165) is 5.56 Å². The van der Waals surface area contributed by atoms with Gasteiger partial charge in [0.1, 0.15) is 5.78 Å². The molecule has 1 heteroatoms. The highest BCUT2D eigenvalue weighted by Gasteiger charge is 2.08. The first-order valence-corrected chi connectivity index (χ1v) is 6.14. The van der Waals surface area contributed by atoms with Gasteiger partial charge in [0.2, 0.25) is 0 Å². The van der Waals surface area contributed by atoms with Gasteiger partial charge < -0.3 is 0 Å². The zero-order valence-electron chi connectivity index (χ0n) is 10.3. The fourth-order valence-corrected chi connectivity index (χ4v) is 2.55.